The summed E-state index contributed by atoms with van der Waals surface area (Å²) in [5.74, 6) is -0.419. The zero-order chi connectivity index (χ0) is 18.4. The summed E-state index contributed by atoms with van der Waals surface area (Å²) in [6, 6.07) is 10.7. The van der Waals surface area contributed by atoms with Crippen molar-refractivity contribution >= 4 is 21.8 Å². The van der Waals surface area contributed by atoms with E-state index in [2.05, 4.69) is 20.7 Å². The molecule has 0 saturated heterocycles. The molecule has 134 valence electrons. The third kappa shape index (κ3) is 6.08. The molecule has 3 nitrogen and oxygen atoms in total. The van der Waals surface area contributed by atoms with Crippen LogP contribution in [0.15, 0.2) is 46.9 Å². The van der Waals surface area contributed by atoms with Gasteiger partial charge in [-0.2, -0.15) is 8.78 Å². The Bertz CT molecular complexity index is 723. The Morgan fingerprint density at radius 2 is 1.88 bits per heavy atom. The Labute approximate surface area is 152 Å². The number of alkyl halides is 2. The van der Waals surface area contributed by atoms with Crippen molar-refractivity contribution in [3.8, 4) is 5.75 Å². The molecule has 0 spiro atoms. The lowest BCUT2D eigenvalue weighted by molar-refractivity contribution is -0.130. The molecule has 2 rings (SSSR count). The summed E-state index contributed by atoms with van der Waals surface area (Å²) < 4.78 is 43.0. The van der Waals surface area contributed by atoms with Crippen LogP contribution in [0.4, 0.5) is 13.2 Å². The standard InChI is InChI=1S/C18H17BrF3NO2/c1-23(11-13-10-14(19)5-8-16(13)20)17(24)9-4-12-2-6-15(7-3-12)25-18(21)22/h2-3,5-8,10,18H,4,9,11H2,1H3. The lowest BCUT2D eigenvalue weighted by Gasteiger charge is -2.18. The maximum atomic E-state index is 13.7. The number of carbonyl (C=O) groups excluding carboxylic acids is 1. The normalized spacial score (nSPS) is 10.8. The fraction of sp³-hybridized carbons (Fsp3) is 0.278. The lowest BCUT2D eigenvalue weighted by Crippen LogP contribution is -2.26. The van der Waals surface area contributed by atoms with Gasteiger partial charge in [0.1, 0.15) is 11.6 Å². The van der Waals surface area contributed by atoms with Gasteiger partial charge in [0, 0.05) is 30.0 Å². The van der Waals surface area contributed by atoms with Gasteiger partial charge in [-0.15, -0.1) is 0 Å². The number of benzene rings is 2. The van der Waals surface area contributed by atoms with Gasteiger partial charge in [-0.25, -0.2) is 4.39 Å². The van der Waals surface area contributed by atoms with Gasteiger partial charge in [-0.05, 0) is 42.3 Å². The summed E-state index contributed by atoms with van der Waals surface area (Å²) in [5.41, 5.74) is 1.26. The van der Waals surface area contributed by atoms with Crippen molar-refractivity contribution in [1.82, 2.24) is 4.90 Å². The number of hydrogen-bond acceptors (Lipinski definition) is 2. The molecular formula is C18H17BrF3NO2. The molecule has 7 heteroatoms. The van der Waals surface area contributed by atoms with E-state index in [0.717, 1.165) is 10.0 Å². The first-order valence-electron chi connectivity index (χ1n) is 7.57. The molecule has 2 aromatic rings. The highest BCUT2D eigenvalue weighted by Gasteiger charge is 2.12. The highest BCUT2D eigenvalue weighted by molar-refractivity contribution is 9.10. The minimum atomic E-state index is -2.86. The average Bonchev–Trinajstić information content (AvgIpc) is 2.56. The molecule has 0 unspecified atom stereocenters. The highest BCUT2D eigenvalue weighted by Crippen LogP contribution is 2.18. The first-order chi connectivity index (χ1) is 11.8. The van der Waals surface area contributed by atoms with Gasteiger partial charge in [0.25, 0.3) is 0 Å². The molecule has 0 aliphatic heterocycles. The Morgan fingerprint density at radius 3 is 2.52 bits per heavy atom. The average molecular weight is 416 g/mol. The van der Waals surface area contributed by atoms with Crippen molar-refractivity contribution in [1.29, 1.82) is 0 Å². The van der Waals surface area contributed by atoms with Crippen LogP contribution in [0.3, 0.4) is 0 Å². The van der Waals surface area contributed by atoms with Gasteiger partial charge in [-0.1, -0.05) is 28.1 Å². The summed E-state index contributed by atoms with van der Waals surface area (Å²) in [7, 11) is 1.61. The second-order valence-electron chi connectivity index (χ2n) is 5.51. The van der Waals surface area contributed by atoms with E-state index in [-0.39, 0.29) is 30.4 Å². The van der Waals surface area contributed by atoms with Crippen LogP contribution in [0.5, 0.6) is 5.75 Å². The van der Waals surface area contributed by atoms with E-state index in [1.54, 1.807) is 31.3 Å². The molecule has 0 radical (unpaired) electrons. The number of amides is 1. The minimum Gasteiger partial charge on any atom is -0.435 e. The molecule has 0 bridgehead atoms. The third-order valence-electron chi connectivity index (χ3n) is 3.62. The number of aryl methyl sites for hydroxylation is 1. The van der Waals surface area contributed by atoms with Gasteiger partial charge < -0.3 is 9.64 Å². The Hall–Kier alpha value is -2.02. The number of nitrogens with zero attached hydrogens (tertiary/aromatic N) is 1. The molecule has 0 fully saturated rings. The molecule has 0 aliphatic carbocycles. The number of halogens is 4. The van der Waals surface area contributed by atoms with Crippen LogP contribution in [0.1, 0.15) is 17.5 Å². The van der Waals surface area contributed by atoms with E-state index < -0.39 is 6.61 Å². The summed E-state index contributed by atoms with van der Waals surface area (Å²) >= 11 is 3.28. The Balaban J connectivity index is 1.87. The SMILES string of the molecule is CN(Cc1cc(Br)ccc1F)C(=O)CCc1ccc(OC(F)F)cc1. The van der Waals surface area contributed by atoms with Crippen LogP contribution < -0.4 is 4.74 Å². The van der Waals surface area contributed by atoms with E-state index in [9.17, 15) is 18.0 Å². The number of ether oxygens (including phenoxy) is 1. The van der Waals surface area contributed by atoms with E-state index >= 15 is 0 Å². The molecule has 1 amide bonds. The van der Waals surface area contributed by atoms with Crippen molar-refractivity contribution in [2.45, 2.75) is 26.0 Å². The first kappa shape index (κ1) is 19.3. The lowest BCUT2D eigenvalue weighted by atomic mass is 10.1. The predicted molar refractivity (Wildman–Crippen MR) is 92.0 cm³/mol. The molecule has 0 aromatic heterocycles. The van der Waals surface area contributed by atoms with Crippen molar-refractivity contribution in [2.24, 2.45) is 0 Å². The maximum Gasteiger partial charge on any atom is 0.387 e. The van der Waals surface area contributed by atoms with E-state index in [1.165, 1.54) is 23.1 Å². The van der Waals surface area contributed by atoms with Crippen LogP contribution in [-0.4, -0.2) is 24.5 Å². The highest BCUT2D eigenvalue weighted by atomic mass is 79.9. The van der Waals surface area contributed by atoms with Crippen LogP contribution >= 0.6 is 15.9 Å². The first-order valence-corrected chi connectivity index (χ1v) is 8.36. The number of rotatable bonds is 7. The Morgan fingerprint density at radius 1 is 1.20 bits per heavy atom. The summed E-state index contributed by atoms with van der Waals surface area (Å²) in [4.78, 5) is 13.7. The monoisotopic (exact) mass is 415 g/mol. The second kappa shape index (κ2) is 8.89. The van der Waals surface area contributed by atoms with Crippen molar-refractivity contribution in [3.05, 3.63) is 63.9 Å². The van der Waals surface area contributed by atoms with Crippen molar-refractivity contribution in [2.75, 3.05) is 7.05 Å². The molecule has 0 aliphatic rings. The number of carbonyl (C=O) groups is 1. The van der Waals surface area contributed by atoms with Crippen LogP contribution in [-0.2, 0) is 17.8 Å². The van der Waals surface area contributed by atoms with E-state index in [0.29, 0.717) is 12.0 Å². The topological polar surface area (TPSA) is 29.5 Å². The van der Waals surface area contributed by atoms with Gasteiger partial charge in [0.15, 0.2) is 0 Å². The van der Waals surface area contributed by atoms with Crippen LogP contribution in [0.2, 0.25) is 0 Å². The van der Waals surface area contributed by atoms with Gasteiger partial charge in [0.05, 0.1) is 0 Å². The quantitative estimate of drug-likeness (QED) is 0.650. The Kier molecular flexibility index (Phi) is 6.87. The smallest absolute Gasteiger partial charge is 0.387 e. The zero-order valence-corrected chi connectivity index (χ0v) is 15.1. The molecule has 0 N–H and O–H groups in total. The molecule has 0 heterocycles. The van der Waals surface area contributed by atoms with Gasteiger partial charge in [0.2, 0.25) is 5.91 Å². The molecule has 0 saturated carbocycles. The third-order valence-corrected chi connectivity index (χ3v) is 4.11. The maximum absolute atomic E-state index is 13.7. The molecular weight excluding hydrogens is 399 g/mol. The summed E-state index contributed by atoms with van der Waals surface area (Å²) in [5, 5.41) is 0. The summed E-state index contributed by atoms with van der Waals surface area (Å²) in [6.45, 7) is -2.69. The zero-order valence-electron chi connectivity index (χ0n) is 13.5. The van der Waals surface area contributed by atoms with Crippen LogP contribution in [0.25, 0.3) is 0 Å². The van der Waals surface area contributed by atoms with Gasteiger partial charge >= 0.3 is 6.61 Å². The van der Waals surface area contributed by atoms with Crippen LogP contribution in [0, 0.1) is 5.82 Å². The largest absolute Gasteiger partial charge is 0.435 e. The van der Waals surface area contributed by atoms with E-state index in [1.807, 2.05) is 0 Å². The second-order valence-corrected chi connectivity index (χ2v) is 6.42. The fourth-order valence-corrected chi connectivity index (χ4v) is 2.70. The fourth-order valence-electron chi connectivity index (χ4n) is 2.29. The molecule has 2 aromatic carbocycles. The minimum absolute atomic E-state index is 0.0762. The number of hydrogen-bond donors (Lipinski definition) is 0. The molecule has 25 heavy (non-hydrogen) atoms. The summed E-state index contributed by atoms with van der Waals surface area (Å²) in [6.07, 6.45) is 0.695. The molecule has 0 atom stereocenters. The van der Waals surface area contributed by atoms with Gasteiger partial charge in [-0.3, -0.25) is 4.79 Å². The predicted octanol–water partition coefficient (Wildman–Crippen LogP) is 4.78. The van der Waals surface area contributed by atoms with Crippen molar-refractivity contribution < 1.29 is 22.7 Å². The van der Waals surface area contributed by atoms with Crippen molar-refractivity contribution in [3.63, 3.8) is 0 Å². The van der Waals surface area contributed by atoms with E-state index in [4.69, 9.17) is 0 Å².